The Hall–Kier alpha value is -2.41. The number of rotatable bonds is 4. The Labute approximate surface area is 113 Å². The van der Waals surface area contributed by atoms with E-state index in [-0.39, 0.29) is 5.84 Å². The van der Waals surface area contributed by atoms with Gasteiger partial charge in [0.05, 0.1) is 12.2 Å². The molecule has 7 heteroatoms. The van der Waals surface area contributed by atoms with Crippen molar-refractivity contribution in [3.05, 3.63) is 46.5 Å². The molecular weight excluding hydrogens is 262 g/mol. The van der Waals surface area contributed by atoms with E-state index in [1.165, 1.54) is 11.1 Å². The predicted octanol–water partition coefficient (Wildman–Crippen LogP) is 1.93. The fourth-order valence-corrected chi connectivity index (χ4v) is 2.46. The van der Waals surface area contributed by atoms with Crippen molar-refractivity contribution < 1.29 is 4.52 Å². The number of nitrogens with two attached hydrogens (primary N) is 1. The zero-order valence-electron chi connectivity index (χ0n) is 9.91. The minimum atomic E-state index is -0.0605. The van der Waals surface area contributed by atoms with Crippen molar-refractivity contribution in [3.63, 3.8) is 0 Å². The summed E-state index contributed by atoms with van der Waals surface area (Å²) in [5, 5.41) is 17.7. The third-order valence-corrected chi connectivity index (χ3v) is 3.50. The van der Waals surface area contributed by atoms with Gasteiger partial charge in [0, 0.05) is 10.9 Å². The zero-order chi connectivity index (χ0) is 13.2. The molecule has 3 rings (SSSR count). The van der Waals surface area contributed by atoms with Gasteiger partial charge in [0.2, 0.25) is 0 Å². The molecule has 0 aromatic carbocycles. The van der Waals surface area contributed by atoms with Gasteiger partial charge in [-0.25, -0.2) is 0 Å². The van der Waals surface area contributed by atoms with Crippen LogP contribution in [0.25, 0.3) is 11.4 Å². The lowest BCUT2D eigenvalue weighted by molar-refractivity contribution is 0.421. The quantitative estimate of drug-likeness (QED) is 0.561. The van der Waals surface area contributed by atoms with Crippen molar-refractivity contribution in [2.24, 2.45) is 5.73 Å². The summed E-state index contributed by atoms with van der Waals surface area (Å²) < 4.78 is 6.63. The smallest absolute Gasteiger partial charge is 0.143 e. The normalized spacial score (nSPS) is 10.7. The van der Waals surface area contributed by atoms with Crippen molar-refractivity contribution in [2.45, 2.75) is 6.54 Å². The predicted molar refractivity (Wildman–Crippen MR) is 72.2 cm³/mol. The van der Waals surface area contributed by atoms with E-state index in [1.54, 1.807) is 28.2 Å². The fourth-order valence-electron chi connectivity index (χ4n) is 1.77. The van der Waals surface area contributed by atoms with Gasteiger partial charge < -0.3 is 10.3 Å². The lowest BCUT2D eigenvalue weighted by atomic mass is 10.2. The molecule has 0 saturated carbocycles. The van der Waals surface area contributed by atoms with Gasteiger partial charge in [0.25, 0.3) is 0 Å². The van der Waals surface area contributed by atoms with E-state index in [2.05, 4.69) is 10.3 Å². The first kappa shape index (κ1) is 11.7. The summed E-state index contributed by atoms with van der Waals surface area (Å²) in [4.78, 5) is 1.17. The molecule has 96 valence electrons. The first-order valence-corrected chi connectivity index (χ1v) is 6.47. The maximum Gasteiger partial charge on any atom is 0.143 e. The molecule has 0 aliphatic carbocycles. The molecule has 3 N–H and O–H groups in total. The van der Waals surface area contributed by atoms with Crippen molar-refractivity contribution in [1.82, 2.24) is 14.9 Å². The summed E-state index contributed by atoms with van der Waals surface area (Å²) >= 11 is 1.65. The fraction of sp³-hybridized carbons (Fsp3) is 0.0833. The molecule has 0 fully saturated rings. The molecule has 0 saturated heterocycles. The minimum Gasteiger partial charge on any atom is -0.382 e. The summed E-state index contributed by atoms with van der Waals surface area (Å²) in [6.07, 6.45) is 1.51. The van der Waals surface area contributed by atoms with Gasteiger partial charge in [0.15, 0.2) is 0 Å². The molecule has 3 heterocycles. The molecule has 0 atom stereocenters. The molecule has 0 unspecified atom stereocenters. The van der Waals surface area contributed by atoms with Crippen LogP contribution in [0.2, 0.25) is 0 Å². The number of aromatic nitrogens is 3. The number of hydrogen-bond acceptors (Lipinski definition) is 5. The standard InChI is InChI=1S/C12H11N5OS/c13-12(14)10-6-11(9-3-4-18-16-9)17(15-10)7-8-2-1-5-19-8/h1-6H,7H2,(H3,13,14). The molecule has 0 bridgehead atoms. The van der Waals surface area contributed by atoms with Gasteiger partial charge in [-0.15, -0.1) is 11.3 Å². The highest BCUT2D eigenvalue weighted by molar-refractivity contribution is 7.09. The minimum absolute atomic E-state index is 0.0605. The lowest BCUT2D eigenvalue weighted by Crippen LogP contribution is -2.12. The maximum atomic E-state index is 7.48. The van der Waals surface area contributed by atoms with Crippen molar-refractivity contribution in [3.8, 4) is 11.4 Å². The molecule has 3 aromatic rings. The topological polar surface area (TPSA) is 93.7 Å². The monoisotopic (exact) mass is 273 g/mol. The lowest BCUT2D eigenvalue weighted by Gasteiger charge is -2.02. The Morgan fingerprint density at radius 3 is 3.00 bits per heavy atom. The SMILES string of the molecule is N=C(N)c1cc(-c2ccon2)n(Cc2cccs2)n1. The molecule has 0 aliphatic heterocycles. The number of nitrogens with zero attached hydrogens (tertiary/aromatic N) is 3. The highest BCUT2D eigenvalue weighted by atomic mass is 32.1. The highest BCUT2D eigenvalue weighted by Crippen LogP contribution is 2.21. The average molecular weight is 273 g/mol. The van der Waals surface area contributed by atoms with Crippen LogP contribution in [0.4, 0.5) is 0 Å². The Morgan fingerprint density at radius 1 is 1.47 bits per heavy atom. The van der Waals surface area contributed by atoms with Crippen LogP contribution in [0.1, 0.15) is 10.6 Å². The molecule has 0 radical (unpaired) electrons. The Kier molecular flexibility index (Phi) is 2.88. The van der Waals surface area contributed by atoms with Gasteiger partial charge in [0.1, 0.15) is 23.5 Å². The van der Waals surface area contributed by atoms with Crippen LogP contribution in [-0.2, 0) is 6.54 Å². The molecule has 3 aromatic heterocycles. The van der Waals surface area contributed by atoms with Gasteiger partial charge in [-0.2, -0.15) is 5.10 Å². The van der Waals surface area contributed by atoms with Crippen LogP contribution in [0.15, 0.2) is 40.4 Å². The van der Waals surface area contributed by atoms with Gasteiger partial charge >= 0.3 is 0 Å². The first-order valence-electron chi connectivity index (χ1n) is 5.59. The summed E-state index contributed by atoms with van der Waals surface area (Å²) in [6.45, 7) is 0.618. The Bertz CT molecular complexity index is 684. The molecule has 19 heavy (non-hydrogen) atoms. The number of nitrogen functional groups attached to an aromatic ring is 1. The van der Waals surface area contributed by atoms with Crippen LogP contribution in [0, 0.1) is 5.41 Å². The summed E-state index contributed by atoms with van der Waals surface area (Å²) in [5.74, 6) is -0.0605. The van der Waals surface area contributed by atoms with Crippen molar-refractivity contribution in [2.75, 3.05) is 0 Å². The van der Waals surface area contributed by atoms with Crippen LogP contribution >= 0.6 is 11.3 Å². The van der Waals surface area contributed by atoms with Crippen molar-refractivity contribution in [1.29, 1.82) is 5.41 Å². The van der Waals surface area contributed by atoms with E-state index in [9.17, 15) is 0 Å². The molecule has 0 amide bonds. The van der Waals surface area contributed by atoms with E-state index >= 15 is 0 Å². The second-order valence-corrected chi connectivity index (χ2v) is 4.98. The molecule has 6 nitrogen and oxygen atoms in total. The molecular formula is C12H11N5OS. The third-order valence-electron chi connectivity index (χ3n) is 2.64. The maximum absolute atomic E-state index is 7.48. The zero-order valence-corrected chi connectivity index (χ0v) is 10.7. The second-order valence-electron chi connectivity index (χ2n) is 3.95. The number of hydrogen-bond donors (Lipinski definition) is 2. The summed E-state index contributed by atoms with van der Waals surface area (Å²) in [7, 11) is 0. The van der Waals surface area contributed by atoms with Gasteiger partial charge in [-0.1, -0.05) is 11.2 Å². The first-order chi connectivity index (χ1) is 9.24. The number of thiophene rings is 1. The molecule has 0 aliphatic rings. The van der Waals surface area contributed by atoms with Crippen LogP contribution in [0.3, 0.4) is 0 Å². The van der Waals surface area contributed by atoms with E-state index in [0.29, 0.717) is 17.9 Å². The van der Waals surface area contributed by atoms with Crippen LogP contribution < -0.4 is 5.73 Å². The number of nitrogens with one attached hydrogen (secondary N) is 1. The van der Waals surface area contributed by atoms with Gasteiger partial charge in [-0.05, 0) is 17.5 Å². The molecule has 0 spiro atoms. The largest absolute Gasteiger partial charge is 0.382 e. The van der Waals surface area contributed by atoms with E-state index in [0.717, 1.165) is 5.69 Å². The van der Waals surface area contributed by atoms with Gasteiger partial charge in [-0.3, -0.25) is 10.1 Å². The van der Waals surface area contributed by atoms with Crippen molar-refractivity contribution >= 4 is 17.2 Å². The third kappa shape index (κ3) is 2.27. The van der Waals surface area contributed by atoms with Crippen LogP contribution in [-0.4, -0.2) is 20.8 Å². The Morgan fingerprint density at radius 2 is 2.37 bits per heavy atom. The van der Waals surface area contributed by atoms with E-state index in [4.69, 9.17) is 15.7 Å². The summed E-state index contributed by atoms with van der Waals surface area (Å²) in [6, 6.07) is 7.52. The van der Waals surface area contributed by atoms with E-state index < -0.39 is 0 Å². The summed E-state index contributed by atoms with van der Waals surface area (Å²) in [5.41, 5.74) is 7.39. The van der Waals surface area contributed by atoms with Crippen LogP contribution in [0.5, 0.6) is 0 Å². The highest BCUT2D eigenvalue weighted by Gasteiger charge is 2.14. The average Bonchev–Trinajstić information content (AvgIpc) is 3.09. The number of amidine groups is 1. The second kappa shape index (κ2) is 4.69. The van der Waals surface area contributed by atoms with E-state index in [1.807, 2.05) is 17.5 Å². The Balaban J connectivity index is 2.03.